The van der Waals surface area contributed by atoms with Crippen molar-refractivity contribution in [2.24, 2.45) is 35.0 Å². The van der Waals surface area contributed by atoms with Gasteiger partial charge < -0.3 is 0 Å². The Labute approximate surface area is 181 Å². The standard InChI is InChI=1S/C15H24.C14H22/c1-11(2)6-5-9-15(4)12(3)13-7-8-14(15)10-13;1-10(2)5-4-6-14-11(3)12-7-8-13(14)9-12/h6,13-14H,3,5,7-10H2,1-2,4H3;5,12-14H,3-4,6-9H2,1-2H3/t13-,14+,15-;12-,13+,14-/m00/s1. The summed E-state index contributed by atoms with van der Waals surface area (Å²) in [4.78, 5) is 0. The molecule has 0 nitrogen and oxygen atoms in total. The fourth-order valence-electron chi connectivity index (χ4n) is 6.93. The van der Waals surface area contributed by atoms with Gasteiger partial charge in [-0.05, 0) is 127 Å². The Morgan fingerprint density at radius 3 is 2.10 bits per heavy atom. The molecule has 0 N–H and O–H groups in total. The third-order valence-electron chi connectivity index (χ3n) is 8.85. The van der Waals surface area contributed by atoms with Crippen LogP contribution >= 0.6 is 0 Å². The van der Waals surface area contributed by atoms with Crippen LogP contribution in [0.5, 0.6) is 0 Å². The van der Waals surface area contributed by atoms with Gasteiger partial charge in [-0.2, -0.15) is 0 Å². The van der Waals surface area contributed by atoms with Gasteiger partial charge in [-0.15, -0.1) is 0 Å². The van der Waals surface area contributed by atoms with Gasteiger partial charge in [-0.3, -0.25) is 0 Å². The van der Waals surface area contributed by atoms with Gasteiger partial charge >= 0.3 is 0 Å². The molecule has 0 heterocycles. The van der Waals surface area contributed by atoms with Crippen LogP contribution in [0.1, 0.15) is 98.8 Å². The van der Waals surface area contributed by atoms with E-state index in [2.05, 4.69) is 59.9 Å². The van der Waals surface area contributed by atoms with Crippen LogP contribution in [0.25, 0.3) is 0 Å². The summed E-state index contributed by atoms with van der Waals surface area (Å²) >= 11 is 0. The van der Waals surface area contributed by atoms with E-state index < -0.39 is 0 Å². The molecule has 6 atom stereocenters. The molecular weight excluding hydrogens is 348 g/mol. The van der Waals surface area contributed by atoms with E-state index in [-0.39, 0.29) is 0 Å². The van der Waals surface area contributed by atoms with Crippen LogP contribution in [-0.2, 0) is 0 Å². The molecule has 0 aromatic heterocycles. The second-order valence-corrected chi connectivity index (χ2v) is 11.3. The van der Waals surface area contributed by atoms with Gasteiger partial charge in [0.1, 0.15) is 0 Å². The van der Waals surface area contributed by atoms with Crippen molar-refractivity contribution in [2.75, 3.05) is 0 Å². The predicted molar refractivity (Wildman–Crippen MR) is 129 cm³/mol. The molecule has 0 amide bonds. The summed E-state index contributed by atoms with van der Waals surface area (Å²) in [5.74, 6) is 4.58. The predicted octanol–water partition coefficient (Wildman–Crippen LogP) is 9.06. The van der Waals surface area contributed by atoms with Crippen molar-refractivity contribution in [1.29, 1.82) is 0 Å². The molecule has 0 saturated heterocycles. The number of hydrogen-bond donors (Lipinski definition) is 0. The average molecular weight is 395 g/mol. The number of fused-ring (bicyclic) bond motifs is 4. The van der Waals surface area contributed by atoms with E-state index in [4.69, 9.17) is 0 Å². The maximum absolute atomic E-state index is 4.37. The Morgan fingerprint density at radius 2 is 1.55 bits per heavy atom. The Balaban J connectivity index is 0.000000166. The molecule has 162 valence electrons. The fraction of sp³-hybridized carbons (Fsp3) is 0.724. The van der Waals surface area contributed by atoms with E-state index in [1.165, 1.54) is 75.4 Å². The Bertz CT molecular complexity index is 666. The highest BCUT2D eigenvalue weighted by atomic mass is 14.5. The summed E-state index contributed by atoms with van der Waals surface area (Å²) < 4.78 is 0. The second kappa shape index (κ2) is 9.40. The molecule has 4 rings (SSSR count). The zero-order valence-electron chi connectivity index (χ0n) is 20.0. The topological polar surface area (TPSA) is 0 Å². The lowest BCUT2D eigenvalue weighted by Crippen LogP contribution is -2.25. The minimum atomic E-state index is 0.467. The average Bonchev–Trinajstić information content (AvgIpc) is 3.41. The molecule has 0 unspecified atom stereocenters. The third-order valence-corrected chi connectivity index (χ3v) is 8.85. The molecule has 0 aromatic rings. The first-order valence-electron chi connectivity index (χ1n) is 12.4. The van der Waals surface area contributed by atoms with E-state index in [1.54, 1.807) is 11.1 Å². The van der Waals surface area contributed by atoms with Crippen LogP contribution in [-0.4, -0.2) is 0 Å². The largest absolute Gasteiger partial charge is 0.0993 e. The fourth-order valence-corrected chi connectivity index (χ4v) is 6.93. The van der Waals surface area contributed by atoms with Crippen molar-refractivity contribution in [2.45, 2.75) is 98.8 Å². The maximum atomic E-state index is 4.37. The van der Waals surface area contributed by atoms with Crippen molar-refractivity contribution in [3.63, 3.8) is 0 Å². The lowest BCUT2D eigenvalue weighted by molar-refractivity contribution is 0.241. The van der Waals surface area contributed by atoms with Crippen molar-refractivity contribution in [3.8, 4) is 0 Å². The smallest absolute Gasteiger partial charge is 0.00849 e. The highest BCUT2D eigenvalue weighted by molar-refractivity contribution is 5.24. The molecule has 4 aliphatic rings. The van der Waals surface area contributed by atoms with E-state index in [0.29, 0.717) is 5.41 Å². The van der Waals surface area contributed by atoms with Crippen LogP contribution in [0.4, 0.5) is 0 Å². The maximum Gasteiger partial charge on any atom is -0.00849 e. The van der Waals surface area contributed by atoms with Crippen LogP contribution in [0.2, 0.25) is 0 Å². The molecule has 4 aliphatic carbocycles. The molecule has 4 fully saturated rings. The number of rotatable bonds is 6. The van der Waals surface area contributed by atoms with Crippen LogP contribution in [0.15, 0.2) is 47.6 Å². The first-order chi connectivity index (χ1) is 13.7. The van der Waals surface area contributed by atoms with Gasteiger partial charge in [0.05, 0.1) is 0 Å². The summed E-state index contributed by atoms with van der Waals surface area (Å²) in [7, 11) is 0. The van der Waals surface area contributed by atoms with E-state index in [1.807, 2.05) is 0 Å². The van der Waals surface area contributed by atoms with E-state index in [0.717, 1.165) is 29.6 Å². The Morgan fingerprint density at radius 1 is 0.897 bits per heavy atom. The highest BCUT2D eigenvalue weighted by Gasteiger charge is 2.49. The molecule has 0 heteroatoms. The van der Waals surface area contributed by atoms with E-state index in [9.17, 15) is 0 Å². The molecule has 0 aromatic carbocycles. The summed E-state index contributed by atoms with van der Waals surface area (Å²) in [6, 6.07) is 0. The molecular formula is C29H46. The molecule has 0 spiro atoms. The van der Waals surface area contributed by atoms with Gasteiger partial charge in [0.25, 0.3) is 0 Å². The SMILES string of the molecule is C=C1[C@H]2CC[C@H](C2)[C@@]1(C)CCC=C(C)C.C=C1[C@H]2CC[C@H](C2)[C@H]1CCC=C(C)C. The summed E-state index contributed by atoms with van der Waals surface area (Å²) in [6.07, 6.45) is 18.6. The first-order valence-corrected chi connectivity index (χ1v) is 12.4. The Kier molecular flexibility index (Phi) is 7.34. The summed E-state index contributed by atoms with van der Waals surface area (Å²) in [6.45, 7) is 19.9. The number of hydrogen-bond acceptors (Lipinski definition) is 0. The van der Waals surface area contributed by atoms with Crippen molar-refractivity contribution in [3.05, 3.63) is 47.6 Å². The second-order valence-electron chi connectivity index (χ2n) is 11.3. The van der Waals surface area contributed by atoms with Gasteiger partial charge in [0.15, 0.2) is 0 Å². The highest BCUT2D eigenvalue weighted by Crippen LogP contribution is 2.60. The van der Waals surface area contributed by atoms with Gasteiger partial charge in [-0.1, -0.05) is 54.5 Å². The lowest BCUT2D eigenvalue weighted by atomic mass is 9.69. The molecule has 4 saturated carbocycles. The lowest BCUT2D eigenvalue weighted by Gasteiger charge is -2.36. The van der Waals surface area contributed by atoms with Crippen molar-refractivity contribution < 1.29 is 0 Å². The van der Waals surface area contributed by atoms with Crippen molar-refractivity contribution in [1.82, 2.24) is 0 Å². The van der Waals surface area contributed by atoms with Gasteiger partial charge in [-0.25, -0.2) is 0 Å². The number of allylic oxidation sites excluding steroid dienone is 6. The minimum absolute atomic E-state index is 0.467. The normalized spacial score (nSPS) is 36.8. The zero-order chi connectivity index (χ0) is 21.2. The van der Waals surface area contributed by atoms with Gasteiger partial charge in [0.2, 0.25) is 0 Å². The minimum Gasteiger partial charge on any atom is -0.0993 e. The van der Waals surface area contributed by atoms with Crippen molar-refractivity contribution >= 4 is 0 Å². The summed E-state index contributed by atoms with van der Waals surface area (Å²) in [5, 5.41) is 0. The van der Waals surface area contributed by atoms with Crippen LogP contribution in [0.3, 0.4) is 0 Å². The van der Waals surface area contributed by atoms with Crippen LogP contribution in [0, 0.1) is 35.0 Å². The van der Waals surface area contributed by atoms with Gasteiger partial charge in [0, 0.05) is 0 Å². The molecule has 0 aliphatic heterocycles. The molecule has 0 radical (unpaired) electrons. The zero-order valence-corrected chi connectivity index (χ0v) is 20.0. The quantitative estimate of drug-likeness (QED) is 0.394. The van der Waals surface area contributed by atoms with Crippen LogP contribution < -0.4 is 0 Å². The molecule has 29 heavy (non-hydrogen) atoms. The summed E-state index contributed by atoms with van der Waals surface area (Å²) in [5.41, 5.74) is 6.53. The van der Waals surface area contributed by atoms with E-state index >= 15 is 0 Å². The molecule has 4 bridgehead atoms. The Hall–Kier alpha value is -1.04. The third kappa shape index (κ3) is 5.00. The first kappa shape index (κ1) is 22.6. The monoisotopic (exact) mass is 394 g/mol.